The SMILES string of the molecule is C#CCN(CC(=O)O)S(=O)(=O)c1ccc(C)cc1. The number of rotatable bonds is 5. The summed E-state index contributed by atoms with van der Waals surface area (Å²) in [5.41, 5.74) is 0.913. The number of sulfonamides is 1. The Morgan fingerprint density at radius 1 is 1.39 bits per heavy atom. The first-order valence-corrected chi connectivity index (χ1v) is 6.54. The van der Waals surface area contributed by atoms with Crippen molar-refractivity contribution in [2.45, 2.75) is 11.8 Å². The molecule has 1 aromatic rings. The Hall–Kier alpha value is -1.84. The van der Waals surface area contributed by atoms with Crippen molar-refractivity contribution in [1.29, 1.82) is 0 Å². The van der Waals surface area contributed by atoms with Gasteiger partial charge in [0.2, 0.25) is 10.0 Å². The third-order valence-electron chi connectivity index (χ3n) is 2.24. The van der Waals surface area contributed by atoms with Gasteiger partial charge in [-0.25, -0.2) is 8.42 Å². The number of hydrogen-bond donors (Lipinski definition) is 1. The summed E-state index contributed by atoms with van der Waals surface area (Å²) in [7, 11) is -3.87. The maximum atomic E-state index is 12.1. The van der Waals surface area contributed by atoms with Crippen LogP contribution >= 0.6 is 0 Å². The second kappa shape index (κ2) is 5.67. The van der Waals surface area contributed by atoms with Crippen molar-refractivity contribution in [3.8, 4) is 12.3 Å². The highest BCUT2D eigenvalue weighted by atomic mass is 32.2. The van der Waals surface area contributed by atoms with Gasteiger partial charge in [-0.1, -0.05) is 23.6 Å². The Kier molecular flexibility index (Phi) is 4.48. The molecule has 0 amide bonds. The van der Waals surface area contributed by atoms with Crippen LogP contribution in [-0.4, -0.2) is 36.9 Å². The largest absolute Gasteiger partial charge is 0.480 e. The molecular formula is C12H13NO4S. The van der Waals surface area contributed by atoms with Crippen molar-refractivity contribution in [3.63, 3.8) is 0 Å². The minimum atomic E-state index is -3.87. The monoisotopic (exact) mass is 267 g/mol. The summed E-state index contributed by atoms with van der Waals surface area (Å²) in [6.07, 6.45) is 5.05. The number of carbonyl (C=O) groups is 1. The summed E-state index contributed by atoms with van der Waals surface area (Å²) < 4.78 is 25.0. The number of hydrogen-bond acceptors (Lipinski definition) is 3. The first kappa shape index (κ1) is 14.2. The van der Waals surface area contributed by atoms with E-state index in [0.717, 1.165) is 9.87 Å². The lowest BCUT2D eigenvalue weighted by molar-refractivity contribution is -0.137. The summed E-state index contributed by atoms with van der Waals surface area (Å²) >= 11 is 0. The van der Waals surface area contributed by atoms with Gasteiger partial charge in [-0.3, -0.25) is 4.79 Å². The van der Waals surface area contributed by atoms with Gasteiger partial charge in [0, 0.05) is 0 Å². The van der Waals surface area contributed by atoms with Crippen molar-refractivity contribution < 1.29 is 18.3 Å². The molecule has 0 fully saturated rings. The zero-order valence-corrected chi connectivity index (χ0v) is 10.6. The minimum Gasteiger partial charge on any atom is -0.480 e. The molecule has 0 radical (unpaired) electrons. The number of carboxylic acids is 1. The van der Waals surface area contributed by atoms with E-state index in [4.69, 9.17) is 11.5 Å². The van der Waals surface area contributed by atoms with E-state index in [0.29, 0.717) is 0 Å². The van der Waals surface area contributed by atoms with E-state index in [9.17, 15) is 13.2 Å². The molecule has 5 nitrogen and oxygen atoms in total. The normalized spacial score (nSPS) is 11.2. The molecule has 0 aliphatic heterocycles. The van der Waals surface area contributed by atoms with Gasteiger partial charge >= 0.3 is 5.97 Å². The standard InChI is InChI=1S/C12H13NO4S/c1-3-8-13(9-12(14)15)18(16,17)11-6-4-10(2)5-7-11/h1,4-7H,8-9H2,2H3,(H,14,15). The van der Waals surface area contributed by atoms with Crippen LogP contribution in [0.2, 0.25) is 0 Å². The third-order valence-corrected chi connectivity index (χ3v) is 4.04. The van der Waals surface area contributed by atoms with Gasteiger partial charge in [0.05, 0.1) is 11.4 Å². The fourth-order valence-electron chi connectivity index (χ4n) is 1.34. The minimum absolute atomic E-state index is 0.0320. The molecule has 0 aromatic heterocycles. The lowest BCUT2D eigenvalue weighted by Gasteiger charge is -2.17. The third kappa shape index (κ3) is 3.32. The van der Waals surface area contributed by atoms with Gasteiger partial charge in [0.25, 0.3) is 0 Å². The van der Waals surface area contributed by atoms with Gasteiger partial charge in [0.1, 0.15) is 6.54 Å². The Morgan fingerprint density at radius 3 is 2.39 bits per heavy atom. The summed E-state index contributed by atoms with van der Waals surface area (Å²) in [6.45, 7) is 0.899. The number of aryl methyl sites for hydroxylation is 1. The van der Waals surface area contributed by atoms with Crippen LogP contribution in [0.4, 0.5) is 0 Å². The number of carboxylic acid groups (broad SMARTS) is 1. The summed E-state index contributed by atoms with van der Waals surface area (Å²) in [5, 5.41) is 8.69. The van der Waals surface area contributed by atoms with E-state index in [2.05, 4.69) is 5.92 Å². The van der Waals surface area contributed by atoms with E-state index in [1.54, 1.807) is 12.1 Å². The summed E-state index contributed by atoms with van der Waals surface area (Å²) in [6, 6.07) is 6.13. The molecule has 0 aliphatic carbocycles. The molecule has 0 aliphatic rings. The van der Waals surface area contributed by atoms with Gasteiger partial charge in [-0.2, -0.15) is 4.31 Å². The molecule has 96 valence electrons. The van der Waals surface area contributed by atoms with E-state index < -0.39 is 22.5 Å². The van der Waals surface area contributed by atoms with E-state index in [1.165, 1.54) is 12.1 Å². The van der Waals surface area contributed by atoms with Crippen molar-refractivity contribution >= 4 is 16.0 Å². The van der Waals surface area contributed by atoms with Gasteiger partial charge < -0.3 is 5.11 Å². The molecule has 0 saturated carbocycles. The maximum absolute atomic E-state index is 12.1. The van der Waals surface area contributed by atoms with Crippen molar-refractivity contribution in [2.75, 3.05) is 13.1 Å². The molecule has 0 spiro atoms. The first-order valence-electron chi connectivity index (χ1n) is 5.10. The molecular weight excluding hydrogens is 254 g/mol. The highest BCUT2D eigenvalue weighted by molar-refractivity contribution is 7.89. The Morgan fingerprint density at radius 2 is 1.94 bits per heavy atom. The summed E-state index contributed by atoms with van der Waals surface area (Å²) in [4.78, 5) is 10.7. The molecule has 1 N–H and O–H groups in total. The van der Waals surface area contributed by atoms with Crippen LogP contribution in [0.25, 0.3) is 0 Å². The number of benzene rings is 1. The smallest absolute Gasteiger partial charge is 0.318 e. The molecule has 0 bridgehead atoms. The Bertz CT molecular complexity index is 569. The second-order valence-electron chi connectivity index (χ2n) is 3.68. The van der Waals surface area contributed by atoms with Crippen LogP contribution in [0, 0.1) is 19.3 Å². The quantitative estimate of drug-likeness (QED) is 0.797. The Balaban J connectivity index is 3.13. The van der Waals surface area contributed by atoms with Gasteiger partial charge in [-0.05, 0) is 19.1 Å². The molecule has 1 aromatic carbocycles. The molecule has 0 atom stereocenters. The number of aliphatic carboxylic acids is 1. The van der Waals surface area contributed by atoms with Crippen LogP contribution < -0.4 is 0 Å². The first-order chi connectivity index (χ1) is 8.37. The fraction of sp³-hybridized carbons (Fsp3) is 0.250. The van der Waals surface area contributed by atoms with Gasteiger partial charge in [0.15, 0.2) is 0 Å². The van der Waals surface area contributed by atoms with Crippen LogP contribution in [0.5, 0.6) is 0 Å². The average Bonchev–Trinajstić information content (AvgIpc) is 2.28. The number of nitrogens with zero attached hydrogens (tertiary/aromatic N) is 1. The molecule has 0 saturated heterocycles. The molecule has 1 rings (SSSR count). The predicted octanol–water partition coefficient (Wildman–Crippen LogP) is 0.704. The predicted molar refractivity (Wildman–Crippen MR) is 66.4 cm³/mol. The topological polar surface area (TPSA) is 74.7 Å². The van der Waals surface area contributed by atoms with E-state index >= 15 is 0 Å². The molecule has 6 heteroatoms. The van der Waals surface area contributed by atoms with Crippen LogP contribution in [-0.2, 0) is 14.8 Å². The maximum Gasteiger partial charge on any atom is 0.318 e. The highest BCUT2D eigenvalue weighted by Crippen LogP contribution is 2.15. The number of terminal acetylenes is 1. The van der Waals surface area contributed by atoms with Gasteiger partial charge in [-0.15, -0.1) is 6.42 Å². The van der Waals surface area contributed by atoms with Crippen LogP contribution in [0.15, 0.2) is 29.2 Å². The zero-order chi connectivity index (χ0) is 13.8. The highest BCUT2D eigenvalue weighted by Gasteiger charge is 2.25. The average molecular weight is 267 g/mol. The lowest BCUT2D eigenvalue weighted by atomic mass is 10.2. The van der Waals surface area contributed by atoms with Crippen molar-refractivity contribution in [2.24, 2.45) is 0 Å². The van der Waals surface area contributed by atoms with E-state index in [1.807, 2.05) is 6.92 Å². The van der Waals surface area contributed by atoms with Crippen molar-refractivity contribution in [3.05, 3.63) is 29.8 Å². The lowest BCUT2D eigenvalue weighted by Crippen LogP contribution is -2.35. The zero-order valence-electron chi connectivity index (χ0n) is 9.83. The van der Waals surface area contributed by atoms with Crippen LogP contribution in [0.3, 0.4) is 0 Å². The molecule has 0 heterocycles. The second-order valence-corrected chi connectivity index (χ2v) is 5.62. The Labute approximate surface area is 106 Å². The van der Waals surface area contributed by atoms with E-state index in [-0.39, 0.29) is 11.4 Å². The summed E-state index contributed by atoms with van der Waals surface area (Å²) in [5.74, 6) is 0.895. The fourth-order valence-corrected chi connectivity index (χ4v) is 2.64. The molecule has 18 heavy (non-hydrogen) atoms. The van der Waals surface area contributed by atoms with Crippen molar-refractivity contribution in [1.82, 2.24) is 4.31 Å². The molecule has 0 unspecified atom stereocenters. The van der Waals surface area contributed by atoms with Crippen LogP contribution in [0.1, 0.15) is 5.56 Å².